The van der Waals surface area contributed by atoms with Gasteiger partial charge in [0, 0.05) is 37.9 Å². The molecule has 1 aliphatic rings. The highest BCUT2D eigenvalue weighted by Crippen LogP contribution is 2.17. The van der Waals surface area contributed by atoms with Gasteiger partial charge in [-0.05, 0) is 36.4 Å². The van der Waals surface area contributed by atoms with Crippen LogP contribution in [0.1, 0.15) is 10.4 Å². The summed E-state index contributed by atoms with van der Waals surface area (Å²) in [6.45, 7) is 1.44. The Morgan fingerprint density at radius 2 is 1.44 bits per heavy atom. The first-order valence-electron chi connectivity index (χ1n) is 8.34. The lowest BCUT2D eigenvalue weighted by Gasteiger charge is -2.36. The third kappa shape index (κ3) is 4.78. The molecule has 2 aromatic rings. The lowest BCUT2D eigenvalue weighted by Crippen LogP contribution is -2.49. The largest absolute Gasteiger partial charge is 0.452 e. The van der Waals surface area contributed by atoms with Gasteiger partial charge in [-0.25, -0.2) is 18.0 Å². The third-order valence-corrected chi connectivity index (χ3v) is 4.25. The number of hydrogen-bond donors (Lipinski definition) is 0. The van der Waals surface area contributed by atoms with Crippen LogP contribution in [-0.2, 0) is 9.53 Å². The van der Waals surface area contributed by atoms with E-state index in [9.17, 15) is 22.8 Å². The normalized spacial score (nSPS) is 14.2. The smallest absolute Gasteiger partial charge is 0.338 e. The van der Waals surface area contributed by atoms with Crippen LogP contribution in [0.5, 0.6) is 0 Å². The molecule has 0 bridgehead atoms. The summed E-state index contributed by atoms with van der Waals surface area (Å²) in [6.07, 6.45) is 0. The Kier molecular flexibility index (Phi) is 5.63. The molecule has 0 radical (unpaired) electrons. The van der Waals surface area contributed by atoms with Crippen molar-refractivity contribution in [3.63, 3.8) is 0 Å². The highest BCUT2D eigenvalue weighted by Gasteiger charge is 2.22. The van der Waals surface area contributed by atoms with E-state index in [-0.39, 0.29) is 17.3 Å². The van der Waals surface area contributed by atoms with Crippen LogP contribution in [0.25, 0.3) is 0 Å². The second kappa shape index (κ2) is 8.11. The van der Waals surface area contributed by atoms with Crippen LogP contribution in [0, 0.1) is 17.5 Å². The van der Waals surface area contributed by atoms with Crippen molar-refractivity contribution in [1.82, 2.24) is 4.90 Å². The summed E-state index contributed by atoms with van der Waals surface area (Å²) in [5.74, 6) is -3.46. The molecule has 0 atom stereocenters. The van der Waals surface area contributed by atoms with Gasteiger partial charge in [-0.2, -0.15) is 0 Å². The number of carbonyl (C=O) groups excluding carboxylic acids is 2. The minimum absolute atomic E-state index is 0.290. The zero-order valence-electron chi connectivity index (χ0n) is 14.3. The van der Waals surface area contributed by atoms with Crippen molar-refractivity contribution in [2.24, 2.45) is 0 Å². The van der Waals surface area contributed by atoms with Crippen LogP contribution < -0.4 is 4.90 Å². The molecule has 0 spiro atoms. The molecule has 1 aliphatic heterocycles. The summed E-state index contributed by atoms with van der Waals surface area (Å²) >= 11 is 0. The summed E-state index contributed by atoms with van der Waals surface area (Å²) in [5.41, 5.74) is 0.574. The van der Waals surface area contributed by atoms with Gasteiger partial charge in [0.15, 0.2) is 6.61 Å². The standard InChI is InChI=1S/C19H17F3N2O3/c20-14-1-3-17(4-2-14)23-5-7-24(8-6-23)18(25)12-27-19(26)13-9-15(21)11-16(22)10-13/h1-4,9-11H,5-8,12H2. The molecule has 0 saturated carbocycles. The minimum Gasteiger partial charge on any atom is -0.452 e. The van der Waals surface area contributed by atoms with Gasteiger partial charge in [-0.1, -0.05) is 0 Å². The number of hydrogen-bond acceptors (Lipinski definition) is 4. The minimum atomic E-state index is -0.966. The van der Waals surface area contributed by atoms with Crippen LogP contribution in [0.4, 0.5) is 18.9 Å². The first-order valence-corrected chi connectivity index (χ1v) is 8.34. The number of ether oxygens (including phenoxy) is 1. The molecule has 0 aliphatic carbocycles. The molecule has 2 aromatic carbocycles. The fraction of sp³-hybridized carbons (Fsp3) is 0.263. The molecular weight excluding hydrogens is 361 g/mol. The quantitative estimate of drug-likeness (QED) is 0.768. The second-order valence-corrected chi connectivity index (χ2v) is 6.08. The Bertz CT molecular complexity index is 814. The molecule has 8 heteroatoms. The number of anilines is 1. The van der Waals surface area contributed by atoms with Crippen LogP contribution >= 0.6 is 0 Å². The SMILES string of the molecule is O=C(OCC(=O)N1CCN(c2ccc(F)cc2)CC1)c1cc(F)cc(F)c1. The lowest BCUT2D eigenvalue weighted by atomic mass is 10.2. The van der Waals surface area contributed by atoms with Crippen molar-refractivity contribution in [2.45, 2.75) is 0 Å². The van der Waals surface area contributed by atoms with E-state index in [4.69, 9.17) is 4.74 Å². The van der Waals surface area contributed by atoms with E-state index in [1.807, 2.05) is 4.90 Å². The molecule has 1 amide bonds. The van der Waals surface area contributed by atoms with E-state index in [1.54, 1.807) is 17.0 Å². The summed E-state index contributed by atoms with van der Waals surface area (Å²) in [5, 5.41) is 0. The van der Waals surface area contributed by atoms with Gasteiger partial charge in [0.2, 0.25) is 0 Å². The Morgan fingerprint density at radius 1 is 0.852 bits per heavy atom. The van der Waals surface area contributed by atoms with Gasteiger partial charge in [-0.15, -0.1) is 0 Å². The van der Waals surface area contributed by atoms with E-state index in [1.165, 1.54) is 12.1 Å². The predicted octanol–water partition coefficient (Wildman–Crippen LogP) is 2.61. The van der Waals surface area contributed by atoms with E-state index < -0.39 is 24.2 Å². The van der Waals surface area contributed by atoms with Gasteiger partial charge in [0.05, 0.1) is 5.56 Å². The molecule has 5 nitrogen and oxygen atoms in total. The number of rotatable bonds is 4. The average molecular weight is 378 g/mol. The number of esters is 1. The van der Waals surface area contributed by atoms with Crippen LogP contribution in [0.3, 0.4) is 0 Å². The maximum atomic E-state index is 13.1. The summed E-state index contributed by atoms with van der Waals surface area (Å²) in [6, 6.07) is 8.43. The molecule has 1 heterocycles. The van der Waals surface area contributed by atoms with Crippen LogP contribution in [-0.4, -0.2) is 49.6 Å². The Labute approximate surface area is 153 Å². The maximum absolute atomic E-state index is 13.1. The molecule has 0 N–H and O–H groups in total. The van der Waals surface area contributed by atoms with Gasteiger partial charge in [-0.3, -0.25) is 4.79 Å². The maximum Gasteiger partial charge on any atom is 0.338 e. The fourth-order valence-corrected chi connectivity index (χ4v) is 2.84. The zero-order chi connectivity index (χ0) is 19.4. The van der Waals surface area contributed by atoms with Crippen molar-refractivity contribution < 1.29 is 27.5 Å². The second-order valence-electron chi connectivity index (χ2n) is 6.08. The highest BCUT2D eigenvalue weighted by molar-refractivity contribution is 5.91. The van der Waals surface area contributed by atoms with Gasteiger partial charge >= 0.3 is 5.97 Å². The van der Waals surface area contributed by atoms with Gasteiger partial charge in [0.1, 0.15) is 17.5 Å². The van der Waals surface area contributed by atoms with E-state index in [0.29, 0.717) is 32.2 Å². The van der Waals surface area contributed by atoms with Crippen molar-refractivity contribution in [3.8, 4) is 0 Å². The molecule has 0 unspecified atom stereocenters. The van der Waals surface area contributed by atoms with Crippen molar-refractivity contribution in [2.75, 3.05) is 37.7 Å². The summed E-state index contributed by atoms with van der Waals surface area (Å²) < 4.78 is 44.1. The lowest BCUT2D eigenvalue weighted by molar-refractivity contribution is -0.134. The third-order valence-electron chi connectivity index (χ3n) is 4.25. The molecule has 3 rings (SSSR count). The molecule has 27 heavy (non-hydrogen) atoms. The number of carbonyl (C=O) groups is 2. The topological polar surface area (TPSA) is 49.9 Å². The predicted molar refractivity (Wildman–Crippen MR) is 91.8 cm³/mol. The number of nitrogens with zero attached hydrogens (tertiary/aromatic N) is 2. The Hall–Kier alpha value is -3.03. The van der Waals surface area contributed by atoms with E-state index >= 15 is 0 Å². The summed E-state index contributed by atoms with van der Waals surface area (Å²) in [7, 11) is 0. The summed E-state index contributed by atoms with van der Waals surface area (Å²) in [4.78, 5) is 27.6. The Balaban J connectivity index is 1.49. The first-order chi connectivity index (χ1) is 12.9. The number of halogens is 3. The fourth-order valence-electron chi connectivity index (χ4n) is 2.84. The van der Waals surface area contributed by atoms with Crippen molar-refractivity contribution >= 4 is 17.6 Å². The molecule has 142 valence electrons. The molecule has 1 fully saturated rings. The zero-order valence-corrected chi connectivity index (χ0v) is 14.3. The van der Waals surface area contributed by atoms with Gasteiger partial charge < -0.3 is 14.5 Å². The van der Waals surface area contributed by atoms with Crippen LogP contribution in [0.15, 0.2) is 42.5 Å². The van der Waals surface area contributed by atoms with Crippen molar-refractivity contribution in [3.05, 3.63) is 65.5 Å². The number of piperazine rings is 1. The highest BCUT2D eigenvalue weighted by atomic mass is 19.1. The molecule has 0 aromatic heterocycles. The van der Waals surface area contributed by atoms with E-state index in [2.05, 4.69) is 0 Å². The van der Waals surface area contributed by atoms with Crippen LogP contribution in [0.2, 0.25) is 0 Å². The average Bonchev–Trinajstić information content (AvgIpc) is 2.66. The first kappa shape index (κ1) is 18.8. The molecular formula is C19H17F3N2O3. The molecule has 1 saturated heterocycles. The monoisotopic (exact) mass is 378 g/mol. The Morgan fingerprint density at radius 3 is 2.04 bits per heavy atom. The number of benzene rings is 2. The number of amides is 1. The van der Waals surface area contributed by atoms with Gasteiger partial charge in [0.25, 0.3) is 5.91 Å². The van der Waals surface area contributed by atoms with Crippen molar-refractivity contribution in [1.29, 1.82) is 0 Å². The van der Waals surface area contributed by atoms with E-state index in [0.717, 1.165) is 17.8 Å².